The van der Waals surface area contributed by atoms with Crippen LogP contribution in [0.25, 0.3) is 0 Å². The molecule has 1 spiro atoms. The molecule has 0 atom stereocenters. The normalized spacial score (nSPS) is 21.6. The fourth-order valence-electron chi connectivity index (χ4n) is 2.43. The van der Waals surface area contributed by atoms with Crippen molar-refractivity contribution in [3.63, 3.8) is 0 Å². The van der Waals surface area contributed by atoms with Crippen LogP contribution in [0, 0.1) is 0 Å². The van der Waals surface area contributed by atoms with Crippen molar-refractivity contribution in [2.45, 2.75) is 24.7 Å². The van der Waals surface area contributed by atoms with E-state index in [-0.39, 0.29) is 11.3 Å². The minimum absolute atomic E-state index is 0.181. The zero-order chi connectivity index (χ0) is 9.76. The van der Waals surface area contributed by atoms with Gasteiger partial charge in [0.2, 0.25) is 5.91 Å². The molecule has 2 aliphatic rings. The summed E-state index contributed by atoms with van der Waals surface area (Å²) in [6.07, 6.45) is 3.17. The number of halogens is 1. The van der Waals surface area contributed by atoms with Gasteiger partial charge in [-0.05, 0) is 40.4 Å². The van der Waals surface area contributed by atoms with Gasteiger partial charge < -0.3 is 5.32 Å². The molecule has 1 aliphatic carbocycles. The van der Waals surface area contributed by atoms with Gasteiger partial charge in [0.05, 0.1) is 11.1 Å². The summed E-state index contributed by atoms with van der Waals surface area (Å²) in [5, 5.41) is 2.97. The van der Waals surface area contributed by atoms with Gasteiger partial charge in [-0.15, -0.1) is 0 Å². The molecule has 0 saturated heterocycles. The van der Waals surface area contributed by atoms with Gasteiger partial charge in [0.1, 0.15) is 0 Å². The molecule has 0 unspecified atom stereocenters. The first-order valence-electron chi connectivity index (χ1n) is 4.84. The van der Waals surface area contributed by atoms with Gasteiger partial charge >= 0.3 is 0 Å². The van der Waals surface area contributed by atoms with Gasteiger partial charge in [-0.25, -0.2) is 0 Å². The van der Waals surface area contributed by atoms with Crippen molar-refractivity contribution in [1.82, 2.24) is 0 Å². The predicted molar refractivity (Wildman–Crippen MR) is 58.3 cm³/mol. The summed E-state index contributed by atoms with van der Waals surface area (Å²) < 4.78 is 0.993. The van der Waals surface area contributed by atoms with E-state index in [1.165, 1.54) is 12.0 Å². The monoisotopic (exact) mass is 251 g/mol. The van der Waals surface area contributed by atoms with Gasteiger partial charge in [0, 0.05) is 4.47 Å². The molecule has 1 N–H and O–H groups in total. The lowest BCUT2D eigenvalue weighted by Gasteiger charge is -2.36. The van der Waals surface area contributed by atoms with Crippen molar-refractivity contribution in [1.29, 1.82) is 0 Å². The quantitative estimate of drug-likeness (QED) is 0.755. The number of carbonyl (C=O) groups is 1. The number of hydrogen-bond donors (Lipinski definition) is 1. The number of anilines is 1. The van der Waals surface area contributed by atoms with Crippen molar-refractivity contribution < 1.29 is 4.79 Å². The molecule has 1 heterocycles. The van der Waals surface area contributed by atoms with Gasteiger partial charge in [0.15, 0.2) is 0 Å². The Bertz CT molecular complexity index is 423. The number of para-hydroxylation sites is 1. The lowest BCUT2D eigenvalue weighted by Crippen LogP contribution is -2.40. The molecule has 0 bridgehead atoms. The van der Waals surface area contributed by atoms with E-state index in [0.29, 0.717) is 0 Å². The molecule has 1 saturated carbocycles. The maximum atomic E-state index is 11.9. The molecule has 3 rings (SSSR count). The zero-order valence-electron chi connectivity index (χ0n) is 7.64. The summed E-state index contributed by atoms with van der Waals surface area (Å²) in [7, 11) is 0. The molecule has 1 aromatic rings. The maximum absolute atomic E-state index is 11.9. The number of rotatable bonds is 0. The van der Waals surface area contributed by atoms with Crippen LogP contribution in [-0.4, -0.2) is 5.91 Å². The van der Waals surface area contributed by atoms with Crippen LogP contribution in [0.2, 0.25) is 0 Å². The van der Waals surface area contributed by atoms with E-state index in [1.54, 1.807) is 0 Å². The molecule has 1 aromatic carbocycles. The van der Waals surface area contributed by atoms with Crippen molar-refractivity contribution in [2.75, 3.05) is 5.32 Å². The Hall–Kier alpha value is -0.830. The van der Waals surface area contributed by atoms with E-state index in [1.807, 2.05) is 12.1 Å². The lowest BCUT2D eigenvalue weighted by atomic mass is 9.65. The summed E-state index contributed by atoms with van der Waals surface area (Å²) in [6, 6.07) is 6.04. The van der Waals surface area contributed by atoms with Gasteiger partial charge in [-0.3, -0.25) is 4.79 Å². The minimum Gasteiger partial charge on any atom is -0.324 e. The highest BCUT2D eigenvalue weighted by Gasteiger charge is 2.51. The van der Waals surface area contributed by atoms with Gasteiger partial charge in [-0.1, -0.05) is 18.6 Å². The molecule has 1 aliphatic heterocycles. The fraction of sp³-hybridized carbons (Fsp3) is 0.364. The fourth-order valence-corrected chi connectivity index (χ4v) is 2.90. The molecule has 72 valence electrons. The number of amides is 1. The Kier molecular flexibility index (Phi) is 1.57. The number of nitrogens with one attached hydrogen (secondary N) is 1. The average Bonchev–Trinajstić information content (AvgIpc) is 2.38. The Balaban J connectivity index is 2.22. The van der Waals surface area contributed by atoms with Crippen molar-refractivity contribution >= 4 is 27.5 Å². The first-order valence-corrected chi connectivity index (χ1v) is 5.64. The lowest BCUT2D eigenvalue weighted by molar-refractivity contribution is -0.123. The van der Waals surface area contributed by atoms with Crippen LogP contribution >= 0.6 is 15.9 Å². The standard InChI is InChI=1S/C11H10BrNO/c12-8-4-1-3-7-9(8)13-10(14)11(7)5-2-6-11/h1,3-4H,2,5-6H2,(H,13,14). The molecule has 3 heteroatoms. The Labute approximate surface area is 90.8 Å². The average molecular weight is 252 g/mol. The highest BCUT2D eigenvalue weighted by atomic mass is 79.9. The van der Waals surface area contributed by atoms with Gasteiger partial charge in [-0.2, -0.15) is 0 Å². The molecule has 1 amide bonds. The van der Waals surface area contributed by atoms with E-state index in [0.717, 1.165) is 23.0 Å². The zero-order valence-corrected chi connectivity index (χ0v) is 9.23. The Morgan fingerprint density at radius 3 is 2.79 bits per heavy atom. The summed E-state index contributed by atoms with van der Waals surface area (Å²) in [6.45, 7) is 0. The van der Waals surface area contributed by atoms with Crippen molar-refractivity contribution in [3.8, 4) is 0 Å². The van der Waals surface area contributed by atoms with E-state index in [2.05, 4.69) is 27.3 Å². The van der Waals surface area contributed by atoms with Crippen LogP contribution in [0.15, 0.2) is 22.7 Å². The smallest absolute Gasteiger partial charge is 0.235 e. The SMILES string of the molecule is O=C1Nc2c(Br)cccc2C12CCC2. The van der Waals surface area contributed by atoms with E-state index in [4.69, 9.17) is 0 Å². The summed E-state index contributed by atoms with van der Waals surface area (Å²) in [5.74, 6) is 0.186. The first-order chi connectivity index (χ1) is 6.74. The molecule has 1 fully saturated rings. The second-order valence-electron chi connectivity index (χ2n) is 4.05. The van der Waals surface area contributed by atoms with E-state index in [9.17, 15) is 4.79 Å². The largest absolute Gasteiger partial charge is 0.324 e. The molecular formula is C11H10BrNO. The van der Waals surface area contributed by atoms with Crippen LogP contribution in [0.5, 0.6) is 0 Å². The number of benzene rings is 1. The Morgan fingerprint density at radius 1 is 1.36 bits per heavy atom. The molecule has 0 radical (unpaired) electrons. The maximum Gasteiger partial charge on any atom is 0.235 e. The number of carbonyl (C=O) groups excluding carboxylic acids is 1. The molecular weight excluding hydrogens is 242 g/mol. The first kappa shape index (κ1) is 8.48. The van der Waals surface area contributed by atoms with Crippen molar-refractivity contribution in [2.24, 2.45) is 0 Å². The molecule has 2 nitrogen and oxygen atoms in total. The van der Waals surface area contributed by atoms with E-state index < -0.39 is 0 Å². The highest BCUT2D eigenvalue weighted by molar-refractivity contribution is 9.10. The van der Waals surface area contributed by atoms with Crippen molar-refractivity contribution in [3.05, 3.63) is 28.2 Å². The minimum atomic E-state index is -0.181. The third kappa shape index (κ3) is 0.836. The van der Waals surface area contributed by atoms with Crippen LogP contribution in [0.1, 0.15) is 24.8 Å². The Morgan fingerprint density at radius 2 is 2.14 bits per heavy atom. The van der Waals surface area contributed by atoms with E-state index >= 15 is 0 Å². The van der Waals surface area contributed by atoms with Crippen LogP contribution in [-0.2, 0) is 10.2 Å². The van der Waals surface area contributed by atoms with Crippen LogP contribution in [0.3, 0.4) is 0 Å². The third-order valence-electron chi connectivity index (χ3n) is 3.41. The topological polar surface area (TPSA) is 29.1 Å². The molecule has 14 heavy (non-hydrogen) atoms. The summed E-state index contributed by atoms with van der Waals surface area (Å²) >= 11 is 3.46. The second-order valence-corrected chi connectivity index (χ2v) is 4.91. The number of hydrogen-bond acceptors (Lipinski definition) is 1. The third-order valence-corrected chi connectivity index (χ3v) is 4.07. The summed E-state index contributed by atoms with van der Waals surface area (Å²) in [5.41, 5.74) is 1.99. The van der Waals surface area contributed by atoms with Crippen LogP contribution in [0.4, 0.5) is 5.69 Å². The molecule has 0 aromatic heterocycles. The predicted octanol–water partition coefficient (Wildman–Crippen LogP) is 2.82. The number of fused-ring (bicyclic) bond motifs is 2. The van der Waals surface area contributed by atoms with Gasteiger partial charge in [0.25, 0.3) is 0 Å². The highest BCUT2D eigenvalue weighted by Crippen LogP contribution is 2.52. The second kappa shape index (κ2) is 2.60. The summed E-state index contributed by atoms with van der Waals surface area (Å²) in [4.78, 5) is 11.9. The van der Waals surface area contributed by atoms with Crippen LogP contribution < -0.4 is 5.32 Å².